The third-order valence-electron chi connectivity index (χ3n) is 3.13. The second-order valence-corrected chi connectivity index (χ2v) is 5.48. The van der Waals surface area contributed by atoms with Crippen LogP contribution in [0.1, 0.15) is 46.4 Å². The quantitative estimate of drug-likeness (QED) is 0.705. The van der Waals surface area contributed by atoms with Gasteiger partial charge in [0.15, 0.2) is 0 Å². The second-order valence-electron chi connectivity index (χ2n) is 5.48. The lowest BCUT2D eigenvalue weighted by Crippen LogP contribution is -2.25. The summed E-state index contributed by atoms with van der Waals surface area (Å²) >= 11 is 0. The molecule has 0 atom stereocenters. The number of rotatable bonds is 8. The number of hydrogen-bond acceptors (Lipinski definition) is 2. The second kappa shape index (κ2) is 6.80. The Morgan fingerprint density at radius 1 is 1.35 bits per heavy atom. The fourth-order valence-corrected chi connectivity index (χ4v) is 2.07. The summed E-state index contributed by atoms with van der Waals surface area (Å²) in [5.74, 6) is 1.23. The molecule has 1 heterocycles. The molecule has 1 N–H and O–H groups in total. The molecular weight excluding hydrogens is 210 g/mol. The third-order valence-corrected chi connectivity index (χ3v) is 3.13. The normalized spacial score (nSPS) is 12.0. The maximum absolute atomic E-state index is 4.49. The molecule has 1 aromatic rings. The summed E-state index contributed by atoms with van der Waals surface area (Å²) in [6.45, 7) is 12.3. The topological polar surface area (TPSA) is 29.9 Å². The Morgan fingerprint density at radius 3 is 2.76 bits per heavy atom. The lowest BCUT2D eigenvalue weighted by atomic mass is 9.85. The predicted octanol–water partition coefficient (Wildman–Crippen LogP) is 2.86. The third kappa shape index (κ3) is 4.90. The first-order valence-corrected chi connectivity index (χ1v) is 6.80. The van der Waals surface area contributed by atoms with Crippen molar-refractivity contribution in [1.29, 1.82) is 0 Å². The first-order valence-electron chi connectivity index (χ1n) is 6.80. The molecule has 3 nitrogen and oxygen atoms in total. The van der Waals surface area contributed by atoms with Crippen molar-refractivity contribution in [2.45, 2.75) is 53.5 Å². The van der Waals surface area contributed by atoms with Crippen LogP contribution in [0.4, 0.5) is 0 Å². The van der Waals surface area contributed by atoms with Gasteiger partial charge in [0.2, 0.25) is 0 Å². The average Bonchev–Trinajstić information content (AvgIpc) is 2.66. The van der Waals surface area contributed by atoms with E-state index in [1.165, 1.54) is 18.7 Å². The van der Waals surface area contributed by atoms with Crippen molar-refractivity contribution in [2.75, 3.05) is 13.1 Å². The fourth-order valence-electron chi connectivity index (χ4n) is 2.07. The maximum atomic E-state index is 4.49. The van der Waals surface area contributed by atoms with E-state index in [1.54, 1.807) is 0 Å². The average molecular weight is 237 g/mol. The van der Waals surface area contributed by atoms with Gasteiger partial charge in [-0.15, -0.1) is 0 Å². The van der Waals surface area contributed by atoms with Gasteiger partial charge in [0.25, 0.3) is 0 Å². The van der Waals surface area contributed by atoms with Crippen molar-refractivity contribution >= 4 is 0 Å². The molecule has 0 spiro atoms. The van der Waals surface area contributed by atoms with Crippen molar-refractivity contribution in [3.63, 3.8) is 0 Å². The molecule has 0 bridgehead atoms. The van der Waals surface area contributed by atoms with E-state index in [9.17, 15) is 0 Å². The van der Waals surface area contributed by atoms with Crippen LogP contribution in [-0.4, -0.2) is 22.6 Å². The molecular formula is C14H27N3. The van der Waals surface area contributed by atoms with Crippen LogP contribution in [0.15, 0.2) is 12.4 Å². The number of nitrogens with one attached hydrogen (secondary N) is 1. The Labute approximate surface area is 106 Å². The van der Waals surface area contributed by atoms with Crippen LogP contribution in [0.2, 0.25) is 0 Å². The molecule has 0 aromatic carbocycles. The Balaban J connectivity index is 2.52. The van der Waals surface area contributed by atoms with E-state index in [1.807, 2.05) is 6.20 Å². The molecule has 0 radical (unpaired) electrons. The van der Waals surface area contributed by atoms with Gasteiger partial charge in [0.05, 0.1) is 0 Å². The summed E-state index contributed by atoms with van der Waals surface area (Å²) in [4.78, 5) is 4.49. The van der Waals surface area contributed by atoms with Gasteiger partial charge in [-0.05, 0) is 31.3 Å². The van der Waals surface area contributed by atoms with Crippen molar-refractivity contribution in [2.24, 2.45) is 5.41 Å². The van der Waals surface area contributed by atoms with E-state index in [0.717, 1.165) is 26.1 Å². The van der Waals surface area contributed by atoms with Crippen molar-refractivity contribution in [1.82, 2.24) is 14.9 Å². The number of aryl methyl sites for hydroxylation is 1. The Bertz CT molecular complexity index is 315. The Kier molecular flexibility index (Phi) is 5.69. The largest absolute Gasteiger partial charge is 0.335 e. The summed E-state index contributed by atoms with van der Waals surface area (Å²) in [6, 6.07) is 0. The van der Waals surface area contributed by atoms with E-state index in [2.05, 4.69) is 48.8 Å². The van der Waals surface area contributed by atoms with Gasteiger partial charge in [-0.1, -0.05) is 27.7 Å². The molecule has 0 saturated carbocycles. The molecule has 0 aliphatic rings. The summed E-state index contributed by atoms with van der Waals surface area (Å²) in [5, 5.41) is 3.40. The van der Waals surface area contributed by atoms with Gasteiger partial charge < -0.3 is 9.88 Å². The molecule has 3 heteroatoms. The lowest BCUT2D eigenvalue weighted by molar-refractivity contribution is 0.315. The molecule has 1 aromatic heterocycles. The zero-order chi connectivity index (χ0) is 12.7. The van der Waals surface area contributed by atoms with Crippen molar-refractivity contribution in [3.05, 3.63) is 18.2 Å². The molecule has 0 fully saturated rings. The highest BCUT2D eigenvalue weighted by Gasteiger charge is 2.20. The number of imidazole rings is 1. The maximum Gasteiger partial charge on any atom is 0.109 e. The Morgan fingerprint density at radius 2 is 2.12 bits per heavy atom. The molecule has 17 heavy (non-hydrogen) atoms. The minimum absolute atomic E-state index is 0.318. The number of hydrogen-bond donors (Lipinski definition) is 1. The van der Waals surface area contributed by atoms with Crippen LogP contribution in [0.25, 0.3) is 0 Å². The van der Waals surface area contributed by atoms with Gasteiger partial charge in [-0.3, -0.25) is 0 Å². The molecule has 0 amide bonds. The smallest absolute Gasteiger partial charge is 0.109 e. The van der Waals surface area contributed by atoms with Crippen LogP contribution in [0.5, 0.6) is 0 Å². The van der Waals surface area contributed by atoms with Gasteiger partial charge in [-0.2, -0.15) is 0 Å². The molecule has 98 valence electrons. The van der Waals surface area contributed by atoms with E-state index >= 15 is 0 Å². The minimum Gasteiger partial charge on any atom is -0.335 e. The summed E-state index contributed by atoms with van der Waals surface area (Å²) in [5.41, 5.74) is 0.318. The molecule has 0 aliphatic heterocycles. The Hall–Kier alpha value is -0.830. The predicted molar refractivity (Wildman–Crippen MR) is 73.2 cm³/mol. The highest BCUT2D eigenvalue weighted by molar-refractivity contribution is 4.96. The minimum atomic E-state index is 0.318. The van der Waals surface area contributed by atoms with Crippen LogP contribution in [0, 0.1) is 5.41 Å². The molecule has 0 aliphatic carbocycles. The van der Waals surface area contributed by atoms with Gasteiger partial charge in [0, 0.05) is 25.4 Å². The highest BCUT2D eigenvalue weighted by atomic mass is 15.1. The van der Waals surface area contributed by atoms with E-state index in [4.69, 9.17) is 0 Å². The monoisotopic (exact) mass is 237 g/mol. The van der Waals surface area contributed by atoms with Gasteiger partial charge >= 0.3 is 0 Å². The number of nitrogens with zero attached hydrogens (tertiary/aromatic N) is 2. The summed E-state index contributed by atoms with van der Waals surface area (Å²) < 4.78 is 2.29. The highest BCUT2D eigenvalue weighted by Crippen LogP contribution is 2.24. The molecule has 0 unspecified atom stereocenters. The van der Waals surface area contributed by atoms with Gasteiger partial charge in [-0.25, -0.2) is 4.98 Å². The van der Waals surface area contributed by atoms with E-state index in [-0.39, 0.29) is 0 Å². The SMILES string of the molecule is CCCn1ccnc1CC(C)(C)CCNCC. The zero-order valence-corrected chi connectivity index (χ0v) is 11.8. The first kappa shape index (κ1) is 14.2. The zero-order valence-electron chi connectivity index (χ0n) is 11.8. The summed E-state index contributed by atoms with van der Waals surface area (Å²) in [6.07, 6.45) is 7.44. The number of aromatic nitrogens is 2. The van der Waals surface area contributed by atoms with Crippen LogP contribution in [-0.2, 0) is 13.0 Å². The standard InChI is InChI=1S/C14H27N3/c1-5-10-17-11-9-16-13(17)12-14(3,4)7-8-15-6-2/h9,11,15H,5-8,10,12H2,1-4H3. The van der Waals surface area contributed by atoms with E-state index < -0.39 is 0 Å². The fraction of sp³-hybridized carbons (Fsp3) is 0.786. The van der Waals surface area contributed by atoms with E-state index in [0.29, 0.717) is 5.41 Å². The first-order chi connectivity index (χ1) is 8.09. The summed E-state index contributed by atoms with van der Waals surface area (Å²) in [7, 11) is 0. The van der Waals surface area contributed by atoms with Crippen molar-refractivity contribution < 1.29 is 0 Å². The van der Waals surface area contributed by atoms with Crippen LogP contribution in [0.3, 0.4) is 0 Å². The lowest BCUT2D eigenvalue weighted by Gasteiger charge is -2.24. The molecule has 0 saturated heterocycles. The van der Waals surface area contributed by atoms with Gasteiger partial charge in [0.1, 0.15) is 5.82 Å². The van der Waals surface area contributed by atoms with Crippen LogP contribution >= 0.6 is 0 Å². The van der Waals surface area contributed by atoms with Crippen molar-refractivity contribution in [3.8, 4) is 0 Å². The molecule has 1 rings (SSSR count). The van der Waals surface area contributed by atoms with Crippen LogP contribution < -0.4 is 5.32 Å².